The molecule has 5 rings (SSSR count). The van der Waals surface area contributed by atoms with E-state index in [4.69, 9.17) is 15.5 Å². The normalized spacial score (nSPS) is 11.9. The monoisotopic (exact) mass is 450 g/mol. The van der Waals surface area contributed by atoms with E-state index in [0.29, 0.717) is 23.3 Å². The lowest BCUT2D eigenvalue weighted by Crippen LogP contribution is -2.06. The standard InChI is InChI=1S/C26H22N6O2/c1-16(33)11-12-21-23-25(27)28-15-29-26(23)32(31-21)14-18-13-17-7-3-5-9-20(17)30-24(18)19-8-4-6-10-22(19)34-2/h3-10,13,15-16,33H,14H2,1-2H3,(H2,27,28,29)/t16-/m1/s1. The SMILES string of the molecule is COc1ccccc1-c1nc2ccccc2cc1Cn1nc(C#C[C@@H](C)O)c2c(N)ncnc21. The Hall–Kier alpha value is -4.48. The van der Waals surface area contributed by atoms with Gasteiger partial charge in [-0.2, -0.15) is 5.10 Å². The number of nitrogens with zero attached hydrogens (tertiary/aromatic N) is 5. The predicted octanol–water partition coefficient (Wildman–Crippen LogP) is 3.41. The van der Waals surface area contributed by atoms with Crippen LogP contribution >= 0.6 is 0 Å². The van der Waals surface area contributed by atoms with Gasteiger partial charge in [0.2, 0.25) is 0 Å². The molecule has 0 aliphatic carbocycles. The zero-order chi connectivity index (χ0) is 23.7. The van der Waals surface area contributed by atoms with Crippen LogP contribution in [0.15, 0.2) is 60.9 Å². The fourth-order valence-corrected chi connectivity index (χ4v) is 3.92. The Bertz CT molecular complexity index is 1580. The molecule has 1 atom stereocenters. The van der Waals surface area contributed by atoms with Crippen LogP contribution in [0.25, 0.3) is 33.2 Å². The van der Waals surface area contributed by atoms with Gasteiger partial charge < -0.3 is 15.6 Å². The van der Waals surface area contributed by atoms with E-state index < -0.39 is 6.10 Å². The highest BCUT2D eigenvalue weighted by Crippen LogP contribution is 2.33. The zero-order valence-corrected chi connectivity index (χ0v) is 18.7. The summed E-state index contributed by atoms with van der Waals surface area (Å²) < 4.78 is 7.36. The van der Waals surface area contributed by atoms with Crippen LogP contribution in [-0.4, -0.2) is 43.1 Å². The maximum Gasteiger partial charge on any atom is 0.164 e. The number of methoxy groups -OCH3 is 1. The highest BCUT2D eigenvalue weighted by Gasteiger charge is 2.18. The molecule has 5 aromatic rings. The van der Waals surface area contributed by atoms with E-state index >= 15 is 0 Å². The average molecular weight is 451 g/mol. The average Bonchev–Trinajstić information content (AvgIpc) is 3.21. The van der Waals surface area contributed by atoms with Crippen molar-refractivity contribution in [3.05, 3.63) is 72.2 Å². The number of para-hydroxylation sites is 2. The van der Waals surface area contributed by atoms with Gasteiger partial charge in [-0.25, -0.2) is 19.6 Å². The van der Waals surface area contributed by atoms with Gasteiger partial charge in [-0.3, -0.25) is 0 Å². The summed E-state index contributed by atoms with van der Waals surface area (Å²) in [5.74, 6) is 6.64. The quantitative estimate of drug-likeness (QED) is 0.404. The minimum Gasteiger partial charge on any atom is -0.496 e. The topological polar surface area (TPSA) is 112 Å². The molecule has 0 saturated carbocycles. The molecule has 0 fully saturated rings. The summed E-state index contributed by atoms with van der Waals surface area (Å²) in [6, 6.07) is 17.8. The molecule has 0 amide bonds. The van der Waals surface area contributed by atoms with Gasteiger partial charge in [-0.15, -0.1) is 0 Å². The lowest BCUT2D eigenvalue weighted by atomic mass is 10.0. The summed E-state index contributed by atoms with van der Waals surface area (Å²) in [6.45, 7) is 1.96. The van der Waals surface area contributed by atoms with E-state index in [2.05, 4.69) is 33.0 Å². The van der Waals surface area contributed by atoms with Crippen molar-refractivity contribution in [2.75, 3.05) is 12.8 Å². The van der Waals surface area contributed by atoms with Crippen molar-refractivity contribution in [1.82, 2.24) is 24.7 Å². The first-order valence-electron chi connectivity index (χ1n) is 10.7. The van der Waals surface area contributed by atoms with Crippen molar-refractivity contribution < 1.29 is 9.84 Å². The first-order valence-corrected chi connectivity index (χ1v) is 10.7. The zero-order valence-electron chi connectivity index (χ0n) is 18.7. The Balaban J connectivity index is 1.72. The molecule has 3 heterocycles. The Morgan fingerprint density at radius 2 is 1.91 bits per heavy atom. The molecule has 0 spiro atoms. The Morgan fingerprint density at radius 1 is 1.12 bits per heavy atom. The summed E-state index contributed by atoms with van der Waals surface area (Å²) in [6.07, 6.45) is 0.606. The van der Waals surface area contributed by atoms with Gasteiger partial charge in [-0.1, -0.05) is 36.3 Å². The first kappa shape index (κ1) is 21.4. The van der Waals surface area contributed by atoms with Gasteiger partial charge >= 0.3 is 0 Å². The number of nitrogen functional groups attached to an aromatic ring is 1. The summed E-state index contributed by atoms with van der Waals surface area (Å²) in [7, 11) is 1.65. The second-order valence-electron chi connectivity index (χ2n) is 7.80. The number of hydrogen-bond acceptors (Lipinski definition) is 7. The first-order chi connectivity index (χ1) is 16.5. The van der Waals surface area contributed by atoms with Crippen LogP contribution in [0.4, 0.5) is 5.82 Å². The summed E-state index contributed by atoms with van der Waals surface area (Å²) >= 11 is 0. The van der Waals surface area contributed by atoms with Crippen molar-refractivity contribution in [2.45, 2.75) is 19.6 Å². The van der Waals surface area contributed by atoms with E-state index in [1.807, 2.05) is 48.5 Å². The fourth-order valence-electron chi connectivity index (χ4n) is 3.92. The van der Waals surface area contributed by atoms with Crippen LogP contribution in [0, 0.1) is 11.8 Å². The minimum atomic E-state index is -0.798. The maximum absolute atomic E-state index is 9.62. The predicted molar refractivity (Wildman–Crippen MR) is 131 cm³/mol. The lowest BCUT2D eigenvalue weighted by Gasteiger charge is -2.14. The largest absolute Gasteiger partial charge is 0.496 e. The molecule has 0 radical (unpaired) electrons. The van der Waals surface area contributed by atoms with E-state index in [9.17, 15) is 5.11 Å². The number of fused-ring (bicyclic) bond motifs is 2. The summed E-state index contributed by atoms with van der Waals surface area (Å²) in [5.41, 5.74) is 10.6. The number of rotatable bonds is 4. The van der Waals surface area contributed by atoms with Gasteiger partial charge in [0.25, 0.3) is 0 Å². The van der Waals surface area contributed by atoms with Crippen molar-refractivity contribution in [3.63, 3.8) is 0 Å². The molecular formula is C26H22N6O2. The second-order valence-corrected chi connectivity index (χ2v) is 7.80. The number of aliphatic hydroxyl groups excluding tert-OH is 1. The molecule has 3 aromatic heterocycles. The number of benzene rings is 2. The smallest absolute Gasteiger partial charge is 0.164 e. The Morgan fingerprint density at radius 3 is 2.74 bits per heavy atom. The molecular weight excluding hydrogens is 428 g/mol. The van der Waals surface area contributed by atoms with E-state index in [-0.39, 0.29) is 5.82 Å². The van der Waals surface area contributed by atoms with Gasteiger partial charge in [-0.05, 0) is 37.1 Å². The Labute approximate surface area is 196 Å². The number of pyridine rings is 1. The molecule has 168 valence electrons. The third-order valence-corrected chi connectivity index (χ3v) is 5.44. The van der Waals surface area contributed by atoms with Crippen molar-refractivity contribution in [2.24, 2.45) is 0 Å². The van der Waals surface area contributed by atoms with Crippen molar-refractivity contribution >= 4 is 27.8 Å². The second kappa shape index (κ2) is 8.81. The van der Waals surface area contributed by atoms with Gasteiger partial charge in [0.05, 0.1) is 30.3 Å². The van der Waals surface area contributed by atoms with Crippen LogP contribution in [-0.2, 0) is 6.54 Å². The van der Waals surface area contributed by atoms with E-state index in [0.717, 1.165) is 33.5 Å². The van der Waals surface area contributed by atoms with Crippen LogP contribution in [0.3, 0.4) is 0 Å². The van der Waals surface area contributed by atoms with Crippen LogP contribution < -0.4 is 10.5 Å². The molecule has 0 aliphatic rings. The molecule has 2 aromatic carbocycles. The molecule has 0 aliphatic heterocycles. The molecule has 3 N–H and O–H groups in total. The number of anilines is 1. The van der Waals surface area contributed by atoms with Gasteiger partial charge in [0.15, 0.2) is 5.65 Å². The Kier molecular flexibility index (Phi) is 5.54. The fraction of sp³-hybridized carbons (Fsp3) is 0.154. The maximum atomic E-state index is 9.62. The van der Waals surface area contributed by atoms with Gasteiger partial charge in [0.1, 0.15) is 29.7 Å². The van der Waals surface area contributed by atoms with Crippen LogP contribution in [0.5, 0.6) is 5.75 Å². The van der Waals surface area contributed by atoms with Gasteiger partial charge in [0, 0.05) is 16.5 Å². The number of aliphatic hydroxyl groups is 1. The molecule has 8 nitrogen and oxygen atoms in total. The van der Waals surface area contributed by atoms with E-state index in [1.54, 1.807) is 18.7 Å². The highest BCUT2D eigenvalue weighted by atomic mass is 16.5. The molecule has 0 saturated heterocycles. The lowest BCUT2D eigenvalue weighted by molar-refractivity contribution is 0.253. The third-order valence-electron chi connectivity index (χ3n) is 5.44. The van der Waals surface area contributed by atoms with E-state index in [1.165, 1.54) is 6.33 Å². The number of nitrogens with two attached hydrogens (primary N) is 1. The number of hydrogen-bond donors (Lipinski definition) is 2. The third kappa shape index (κ3) is 3.89. The molecule has 0 bridgehead atoms. The van der Waals surface area contributed by atoms with Crippen LogP contribution in [0.1, 0.15) is 18.2 Å². The highest BCUT2D eigenvalue weighted by molar-refractivity contribution is 5.91. The number of aromatic nitrogens is 5. The minimum absolute atomic E-state index is 0.285. The van der Waals surface area contributed by atoms with Crippen molar-refractivity contribution in [1.29, 1.82) is 0 Å². The molecule has 8 heteroatoms. The molecule has 34 heavy (non-hydrogen) atoms. The summed E-state index contributed by atoms with van der Waals surface area (Å²) in [4.78, 5) is 13.5. The van der Waals surface area contributed by atoms with Crippen LogP contribution in [0.2, 0.25) is 0 Å². The van der Waals surface area contributed by atoms with Crippen molar-refractivity contribution in [3.8, 4) is 28.8 Å². The number of ether oxygens (including phenoxy) is 1. The molecule has 0 unspecified atom stereocenters. The summed E-state index contributed by atoms with van der Waals surface area (Å²) in [5, 5.41) is 15.9.